The maximum absolute atomic E-state index is 4.08. The zero-order valence-electron chi connectivity index (χ0n) is 15.1. The molecule has 0 saturated heterocycles. The molecule has 0 radical (unpaired) electrons. The Balaban J connectivity index is 0.000000180. The molecule has 12 nitrogen and oxygen atoms in total. The van der Waals surface area contributed by atoms with Crippen molar-refractivity contribution < 1.29 is 4.63 Å². The van der Waals surface area contributed by atoms with Gasteiger partial charge in [0.05, 0.1) is 54.4 Å². The van der Waals surface area contributed by atoms with Crippen LogP contribution in [0.25, 0.3) is 0 Å². The van der Waals surface area contributed by atoms with E-state index in [0.717, 1.165) is 0 Å². The van der Waals surface area contributed by atoms with Crippen LogP contribution in [0.1, 0.15) is 0 Å². The van der Waals surface area contributed by atoms with E-state index in [2.05, 4.69) is 58.7 Å². The molecular weight excluding hydrogens is 466 g/mol. The summed E-state index contributed by atoms with van der Waals surface area (Å²) < 4.78 is 15.2. The van der Waals surface area contributed by atoms with Crippen molar-refractivity contribution in [3.63, 3.8) is 0 Å². The van der Waals surface area contributed by atoms with Gasteiger partial charge in [0.2, 0.25) is 0 Å². The molecule has 156 valence electrons. The standard InChI is InChI=1S/2C3H3NS.C2H3N3.C2H2N2O.2C2H2N2S/c1-2-5-3-4-1;3*1-2-4-5-3-1;1-3-4-2-5-1;1-2-4-5-3-1/h2*1-3H;1-2H,(H,3,4,5);3*1-2H. The van der Waals surface area contributed by atoms with Gasteiger partial charge in [-0.1, -0.05) is 10.3 Å². The summed E-state index contributed by atoms with van der Waals surface area (Å²) in [6.45, 7) is 0. The van der Waals surface area contributed by atoms with Crippen LogP contribution in [0, 0.1) is 0 Å². The first-order valence-electron chi connectivity index (χ1n) is 7.58. The van der Waals surface area contributed by atoms with Crippen LogP contribution in [0.15, 0.2) is 87.6 Å². The van der Waals surface area contributed by atoms with Crippen LogP contribution in [0.4, 0.5) is 0 Å². The Kier molecular flexibility index (Phi) is 18.1. The lowest BCUT2D eigenvalue weighted by atomic mass is 10.8. The number of rotatable bonds is 0. The molecule has 0 bridgehead atoms. The highest BCUT2D eigenvalue weighted by molar-refractivity contribution is 7.07. The fourth-order valence-corrected chi connectivity index (χ4v) is 2.17. The second-order valence-electron chi connectivity index (χ2n) is 3.78. The zero-order valence-corrected chi connectivity index (χ0v) is 18.4. The van der Waals surface area contributed by atoms with E-state index >= 15 is 0 Å². The highest BCUT2D eigenvalue weighted by Crippen LogP contribution is 1.86. The molecule has 0 spiro atoms. The first kappa shape index (κ1) is 24.7. The average Bonchev–Trinajstić information content (AvgIpc) is 3.69. The second-order valence-corrected chi connectivity index (χ2v) is 6.51. The first-order valence-corrected chi connectivity index (χ1v) is 11.0. The quantitative estimate of drug-likeness (QED) is 0.339. The monoisotopic (exact) mass is 481 g/mol. The number of nitrogens with one attached hydrogen (secondary N) is 1. The molecular formula is C14H15N11OS4. The molecule has 0 aromatic carbocycles. The van der Waals surface area contributed by atoms with Crippen molar-refractivity contribution in [1.82, 2.24) is 54.0 Å². The molecule has 6 aromatic rings. The van der Waals surface area contributed by atoms with Crippen molar-refractivity contribution in [1.29, 1.82) is 0 Å². The molecule has 1 N–H and O–H groups in total. The number of hydrogen-bond donors (Lipinski definition) is 1. The Labute approximate surface area is 187 Å². The number of hydrogen-bond acceptors (Lipinski definition) is 15. The molecule has 6 heterocycles. The van der Waals surface area contributed by atoms with E-state index in [0.29, 0.717) is 0 Å². The Bertz CT molecular complexity index is 591. The van der Waals surface area contributed by atoms with Gasteiger partial charge < -0.3 is 0 Å². The highest BCUT2D eigenvalue weighted by Gasteiger charge is 1.63. The molecule has 0 aliphatic heterocycles. The maximum Gasteiger partial charge on any atom is 0.103 e. The van der Waals surface area contributed by atoms with Crippen molar-refractivity contribution in [2.45, 2.75) is 0 Å². The topological polar surface area (TPSA) is 158 Å². The molecule has 0 aliphatic carbocycles. The zero-order chi connectivity index (χ0) is 21.2. The minimum atomic E-state index is 1.21. The molecule has 16 heteroatoms. The molecule has 0 aliphatic rings. The normalized spacial score (nSPS) is 8.00. The van der Waals surface area contributed by atoms with Crippen LogP contribution in [-0.2, 0) is 0 Å². The van der Waals surface area contributed by atoms with Gasteiger partial charge in [0.1, 0.15) is 11.0 Å². The maximum atomic E-state index is 4.08. The summed E-state index contributed by atoms with van der Waals surface area (Å²) >= 11 is 5.77. The third-order valence-electron chi connectivity index (χ3n) is 1.87. The number of nitrogens with zero attached hydrogens (tertiary/aromatic N) is 10. The van der Waals surface area contributed by atoms with Crippen LogP contribution in [-0.4, -0.2) is 54.0 Å². The van der Waals surface area contributed by atoms with Gasteiger partial charge in [0, 0.05) is 23.2 Å². The van der Waals surface area contributed by atoms with Crippen LogP contribution < -0.4 is 0 Å². The Morgan fingerprint density at radius 2 is 1.37 bits per heavy atom. The summed E-state index contributed by atoms with van der Waals surface area (Å²) in [6.07, 6.45) is 13.0. The Morgan fingerprint density at radius 1 is 0.633 bits per heavy atom. The van der Waals surface area contributed by atoms with Crippen molar-refractivity contribution in [2.75, 3.05) is 0 Å². The first-order chi connectivity index (χ1) is 15.0. The highest BCUT2D eigenvalue weighted by atomic mass is 32.1. The van der Waals surface area contributed by atoms with Crippen LogP contribution in [0.3, 0.4) is 0 Å². The predicted molar refractivity (Wildman–Crippen MR) is 115 cm³/mol. The molecule has 0 saturated carbocycles. The lowest BCUT2D eigenvalue weighted by molar-refractivity contribution is 0.307. The number of aromatic amines is 1. The van der Waals surface area contributed by atoms with E-state index in [4.69, 9.17) is 0 Å². The van der Waals surface area contributed by atoms with Gasteiger partial charge in [-0.25, -0.2) is 9.00 Å². The van der Waals surface area contributed by atoms with Crippen molar-refractivity contribution in [2.24, 2.45) is 0 Å². The average molecular weight is 482 g/mol. The van der Waals surface area contributed by atoms with E-state index in [1.54, 1.807) is 65.0 Å². The lowest BCUT2D eigenvalue weighted by Crippen LogP contribution is -1.61. The summed E-state index contributed by atoms with van der Waals surface area (Å²) in [6, 6.07) is 1.91. The predicted octanol–water partition coefficient (Wildman–Crippen LogP) is 3.24. The van der Waals surface area contributed by atoms with E-state index in [-0.39, 0.29) is 0 Å². The third kappa shape index (κ3) is 19.4. The van der Waals surface area contributed by atoms with Crippen LogP contribution in [0.5, 0.6) is 0 Å². The SMILES string of the molecule is c1cn[nH]n1.c1cnon1.c1cnsc1.c1cnsn1.c1cscn1.c1nncs1. The molecule has 0 unspecified atom stereocenters. The molecule has 30 heavy (non-hydrogen) atoms. The smallest absolute Gasteiger partial charge is 0.103 e. The molecule has 0 fully saturated rings. The molecule has 0 amide bonds. The van der Waals surface area contributed by atoms with Crippen molar-refractivity contribution in [3.8, 4) is 0 Å². The summed E-state index contributed by atoms with van der Waals surface area (Å²) in [7, 11) is 0. The van der Waals surface area contributed by atoms with Gasteiger partial charge >= 0.3 is 0 Å². The third-order valence-corrected chi connectivity index (χ3v) is 3.78. The fraction of sp³-hybridized carbons (Fsp3) is 0. The second kappa shape index (κ2) is 22.0. The fourth-order valence-electron chi connectivity index (χ4n) is 0.926. The van der Waals surface area contributed by atoms with Gasteiger partial charge in [0.15, 0.2) is 0 Å². The number of aromatic nitrogens is 11. The number of H-pyrrole nitrogens is 1. The largest absolute Gasteiger partial charge is 0.253 e. The Morgan fingerprint density at radius 3 is 1.57 bits per heavy atom. The van der Waals surface area contributed by atoms with Crippen LogP contribution >= 0.6 is 45.9 Å². The van der Waals surface area contributed by atoms with E-state index in [1.807, 2.05) is 16.8 Å². The van der Waals surface area contributed by atoms with Gasteiger partial charge in [0.25, 0.3) is 0 Å². The van der Waals surface area contributed by atoms with Gasteiger partial charge in [-0.15, -0.1) is 32.9 Å². The lowest BCUT2D eigenvalue weighted by Gasteiger charge is -1.48. The van der Waals surface area contributed by atoms with Crippen molar-refractivity contribution >= 4 is 45.9 Å². The summed E-state index contributed by atoms with van der Waals surface area (Å²) in [5.74, 6) is 0. The molecule has 0 atom stereocenters. The van der Waals surface area contributed by atoms with E-state index in [9.17, 15) is 0 Å². The summed E-state index contributed by atoms with van der Waals surface area (Å²) in [5.41, 5.74) is 5.15. The van der Waals surface area contributed by atoms with Crippen LogP contribution in [0.2, 0.25) is 0 Å². The minimum absolute atomic E-state index is 1.21. The molecule has 6 aromatic heterocycles. The van der Waals surface area contributed by atoms with E-state index < -0.39 is 0 Å². The van der Waals surface area contributed by atoms with E-state index in [1.165, 1.54) is 47.0 Å². The van der Waals surface area contributed by atoms with Gasteiger partial charge in [-0.05, 0) is 17.6 Å². The minimum Gasteiger partial charge on any atom is -0.253 e. The molecule has 6 rings (SSSR count). The Hall–Kier alpha value is -3.34. The van der Waals surface area contributed by atoms with Crippen molar-refractivity contribution in [3.05, 3.63) is 82.9 Å². The summed E-state index contributed by atoms with van der Waals surface area (Å²) in [4.78, 5) is 3.74. The van der Waals surface area contributed by atoms with Gasteiger partial charge in [-0.2, -0.15) is 24.2 Å². The summed E-state index contributed by atoms with van der Waals surface area (Å²) in [5, 5.41) is 26.6. The van der Waals surface area contributed by atoms with Gasteiger partial charge in [-0.3, -0.25) is 4.98 Å². The number of thiazole rings is 1.